The summed E-state index contributed by atoms with van der Waals surface area (Å²) in [5.41, 5.74) is -0.748. The van der Waals surface area contributed by atoms with Crippen LogP contribution < -0.4 is 10.5 Å². The van der Waals surface area contributed by atoms with E-state index in [1.807, 2.05) is 24.9 Å². The summed E-state index contributed by atoms with van der Waals surface area (Å²) >= 11 is 0. The van der Waals surface area contributed by atoms with E-state index < -0.39 is 28.6 Å². The van der Waals surface area contributed by atoms with E-state index in [-0.39, 0.29) is 34.3 Å². The fourth-order valence-corrected chi connectivity index (χ4v) is 4.39. The van der Waals surface area contributed by atoms with Crippen molar-refractivity contribution in [1.82, 2.24) is 29.3 Å². The number of aryl methyl sites for hydroxylation is 2. The van der Waals surface area contributed by atoms with E-state index in [9.17, 15) is 18.0 Å². The van der Waals surface area contributed by atoms with Crippen molar-refractivity contribution in [3.05, 3.63) is 63.7 Å². The predicted molar refractivity (Wildman–Crippen MR) is 126 cm³/mol. The molecular formula is C24H24F3N7O2. The highest BCUT2D eigenvalue weighted by Gasteiger charge is 2.36. The van der Waals surface area contributed by atoms with Gasteiger partial charge in [0.1, 0.15) is 29.0 Å². The van der Waals surface area contributed by atoms with Crippen molar-refractivity contribution in [3.63, 3.8) is 0 Å². The Labute approximate surface area is 204 Å². The topological polar surface area (TPSA) is 91.0 Å². The highest BCUT2D eigenvalue weighted by molar-refractivity contribution is 5.89. The maximum absolute atomic E-state index is 14.9. The summed E-state index contributed by atoms with van der Waals surface area (Å²) in [6, 6.07) is 1.16. The van der Waals surface area contributed by atoms with Crippen molar-refractivity contribution in [1.29, 1.82) is 0 Å². The first kappa shape index (κ1) is 23.9. The second kappa shape index (κ2) is 8.40. The summed E-state index contributed by atoms with van der Waals surface area (Å²) in [4.78, 5) is 28.4. The Hall–Kier alpha value is -3.80. The minimum absolute atomic E-state index is 0.000544. The van der Waals surface area contributed by atoms with E-state index in [2.05, 4.69) is 20.1 Å². The molecule has 12 heteroatoms. The number of hydrogen-bond acceptors (Lipinski definition) is 7. The van der Waals surface area contributed by atoms with Crippen molar-refractivity contribution in [2.45, 2.75) is 32.5 Å². The van der Waals surface area contributed by atoms with Crippen molar-refractivity contribution in [2.75, 3.05) is 18.0 Å². The lowest BCUT2D eigenvalue weighted by atomic mass is 10.0. The van der Waals surface area contributed by atoms with Gasteiger partial charge in [-0.05, 0) is 26.8 Å². The molecule has 5 rings (SSSR count). The molecule has 1 saturated heterocycles. The average molecular weight is 499 g/mol. The number of nitrogens with zero attached hydrogens (tertiary/aromatic N) is 7. The zero-order chi connectivity index (χ0) is 25.9. The zero-order valence-corrected chi connectivity index (χ0v) is 20.4. The van der Waals surface area contributed by atoms with Gasteiger partial charge >= 0.3 is 0 Å². The van der Waals surface area contributed by atoms with E-state index in [0.29, 0.717) is 31.0 Å². The molecule has 1 aliphatic heterocycles. The van der Waals surface area contributed by atoms with Crippen LogP contribution in [-0.4, -0.2) is 48.0 Å². The van der Waals surface area contributed by atoms with E-state index >= 15 is 0 Å². The molecule has 1 aliphatic rings. The van der Waals surface area contributed by atoms with Crippen LogP contribution in [0.1, 0.15) is 31.3 Å². The molecule has 4 aromatic rings. The van der Waals surface area contributed by atoms with Gasteiger partial charge in [0.05, 0.1) is 18.3 Å². The van der Waals surface area contributed by atoms with Gasteiger partial charge in [-0.2, -0.15) is 5.10 Å². The summed E-state index contributed by atoms with van der Waals surface area (Å²) in [7, 11) is 3.34. The number of hydrogen-bond donors (Lipinski definition) is 0. The molecule has 36 heavy (non-hydrogen) atoms. The van der Waals surface area contributed by atoms with E-state index in [1.54, 1.807) is 31.9 Å². The SMILES string of the molecule is Cc1nc2c(-c3cc(F)c(F)cc3F)nc(N3CC(c4cnn(C)c4)OC(C)(C)C3)nc2c(=O)n1C. The van der Waals surface area contributed by atoms with Gasteiger partial charge in [0.2, 0.25) is 5.95 Å². The van der Waals surface area contributed by atoms with Crippen LogP contribution in [0.15, 0.2) is 29.3 Å². The van der Waals surface area contributed by atoms with Crippen LogP contribution in [-0.2, 0) is 18.8 Å². The van der Waals surface area contributed by atoms with Crippen LogP contribution in [0.5, 0.6) is 0 Å². The number of anilines is 1. The Bertz CT molecular complexity index is 1560. The van der Waals surface area contributed by atoms with Crippen molar-refractivity contribution in [3.8, 4) is 11.3 Å². The van der Waals surface area contributed by atoms with Crippen LogP contribution in [0, 0.1) is 24.4 Å². The Kier molecular flexibility index (Phi) is 5.58. The number of morpholine rings is 1. The Morgan fingerprint density at radius 3 is 2.44 bits per heavy atom. The van der Waals surface area contributed by atoms with Crippen molar-refractivity contribution >= 4 is 17.0 Å². The molecule has 0 N–H and O–H groups in total. The van der Waals surface area contributed by atoms with Gasteiger partial charge in [-0.1, -0.05) is 0 Å². The number of rotatable bonds is 3. The molecule has 0 spiro atoms. The third-order valence-electron chi connectivity index (χ3n) is 6.20. The lowest BCUT2D eigenvalue weighted by molar-refractivity contribution is -0.0859. The maximum atomic E-state index is 14.9. The quantitative estimate of drug-likeness (QED) is 0.400. The molecule has 1 fully saturated rings. The zero-order valence-electron chi connectivity index (χ0n) is 20.4. The molecule has 0 bridgehead atoms. The molecule has 9 nitrogen and oxygen atoms in total. The minimum Gasteiger partial charge on any atom is -0.364 e. The summed E-state index contributed by atoms with van der Waals surface area (Å²) in [5.74, 6) is -3.16. The minimum atomic E-state index is -1.33. The first-order valence-electron chi connectivity index (χ1n) is 11.2. The smallest absolute Gasteiger partial charge is 0.279 e. The van der Waals surface area contributed by atoms with Crippen LogP contribution in [0.3, 0.4) is 0 Å². The molecule has 1 atom stereocenters. The second-order valence-electron chi connectivity index (χ2n) is 9.53. The van der Waals surface area contributed by atoms with Gasteiger partial charge in [-0.3, -0.25) is 14.0 Å². The van der Waals surface area contributed by atoms with E-state index in [1.165, 1.54) is 4.57 Å². The largest absolute Gasteiger partial charge is 0.364 e. The van der Waals surface area contributed by atoms with Crippen molar-refractivity contribution < 1.29 is 17.9 Å². The van der Waals surface area contributed by atoms with E-state index in [0.717, 1.165) is 5.56 Å². The molecule has 1 unspecified atom stereocenters. The van der Waals surface area contributed by atoms with Crippen molar-refractivity contribution in [2.24, 2.45) is 14.1 Å². The van der Waals surface area contributed by atoms with Crippen LogP contribution in [0.25, 0.3) is 22.3 Å². The van der Waals surface area contributed by atoms with Gasteiger partial charge < -0.3 is 9.64 Å². The highest BCUT2D eigenvalue weighted by atomic mass is 19.2. The standard InChI is InChI=1S/C24H24F3N7O2/c1-12-29-20-19(14-6-16(26)17(27)7-15(14)25)30-23(31-21(20)22(35)33(12)5)34-10-18(36-24(2,3)11-34)13-8-28-32(4)9-13/h6-9,18H,10-11H2,1-5H3. The summed E-state index contributed by atoms with van der Waals surface area (Å²) in [6.07, 6.45) is 3.16. The van der Waals surface area contributed by atoms with E-state index in [4.69, 9.17) is 4.74 Å². The first-order valence-corrected chi connectivity index (χ1v) is 11.2. The Balaban J connectivity index is 1.73. The molecule has 0 saturated carbocycles. The number of aromatic nitrogens is 6. The molecule has 3 aromatic heterocycles. The average Bonchev–Trinajstić information content (AvgIpc) is 3.25. The summed E-state index contributed by atoms with van der Waals surface area (Å²) in [6.45, 7) is 6.09. The predicted octanol–water partition coefficient (Wildman–Crippen LogP) is 3.21. The molecular weight excluding hydrogens is 475 g/mol. The number of halogens is 3. The molecule has 4 heterocycles. The summed E-state index contributed by atoms with van der Waals surface area (Å²) < 4.78 is 52.0. The lowest BCUT2D eigenvalue weighted by Gasteiger charge is -2.42. The van der Waals surface area contributed by atoms with Gasteiger partial charge in [0.15, 0.2) is 17.2 Å². The van der Waals surface area contributed by atoms with Gasteiger partial charge in [0.25, 0.3) is 5.56 Å². The Morgan fingerprint density at radius 2 is 1.75 bits per heavy atom. The van der Waals surface area contributed by atoms with Gasteiger partial charge in [0, 0.05) is 44.0 Å². The normalized spacial score (nSPS) is 17.7. The lowest BCUT2D eigenvalue weighted by Crippen LogP contribution is -2.50. The Morgan fingerprint density at radius 1 is 1.03 bits per heavy atom. The van der Waals surface area contributed by atoms with Gasteiger partial charge in [-0.25, -0.2) is 28.1 Å². The molecule has 1 aromatic carbocycles. The first-order chi connectivity index (χ1) is 16.9. The fraction of sp³-hybridized carbons (Fsp3) is 0.375. The molecule has 188 valence electrons. The van der Waals surface area contributed by atoms with Crippen LogP contribution in [0.2, 0.25) is 0 Å². The third kappa shape index (κ3) is 4.11. The molecule has 0 radical (unpaired) electrons. The molecule has 0 amide bonds. The van der Waals surface area contributed by atoms with Crippen LogP contribution >= 0.6 is 0 Å². The summed E-state index contributed by atoms with van der Waals surface area (Å²) in [5, 5.41) is 4.21. The maximum Gasteiger partial charge on any atom is 0.279 e. The molecule has 0 aliphatic carbocycles. The highest BCUT2D eigenvalue weighted by Crippen LogP contribution is 2.35. The second-order valence-corrected chi connectivity index (χ2v) is 9.53. The number of ether oxygens (including phenoxy) is 1. The fourth-order valence-electron chi connectivity index (χ4n) is 4.39. The number of benzene rings is 1. The monoisotopic (exact) mass is 499 g/mol. The van der Waals surface area contributed by atoms with Crippen LogP contribution in [0.4, 0.5) is 19.1 Å². The number of fused-ring (bicyclic) bond motifs is 1. The third-order valence-corrected chi connectivity index (χ3v) is 6.20. The van der Waals surface area contributed by atoms with Gasteiger partial charge in [-0.15, -0.1) is 0 Å².